The van der Waals surface area contributed by atoms with Gasteiger partial charge in [0.2, 0.25) is 0 Å². The van der Waals surface area contributed by atoms with E-state index in [1.54, 1.807) is 0 Å². The summed E-state index contributed by atoms with van der Waals surface area (Å²) >= 11 is 5.45. The van der Waals surface area contributed by atoms with Crippen LogP contribution in [0.1, 0.15) is 5.82 Å². The molecule has 0 saturated heterocycles. The smallest absolute Gasteiger partial charge is 0.790 e. The van der Waals surface area contributed by atoms with E-state index in [-0.39, 0.29) is 116 Å². The van der Waals surface area contributed by atoms with E-state index in [0.717, 1.165) is 10.8 Å². The minimum atomic E-state index is -5.20. The molecule has 26 heavy (non-hydrogen) atoms. The summed E-state index contributed by atoms with van der Waals surface area (Å²) in [7, 11) is -5.20. The van der Waals surface area contributed by atoms with Gasteiger partial charge in [-0.2, -0.15) is 0 Å². The third-order valence-electron chi connectivity index (χ3n) is 2.06. The van der Waals surface area contributed by atoms with Crippen LogP contribution in [0.2, 0.25) is 0 Å². The monoisotopic (exact) mass is 451 g/mol. The van der Waals surface area contributed by atoms with Crippen molar-refractivity contribution in [2.75, 3.05) is 5.88 Å². The summed E-state index contributed by atoms with van der Waals surface area (Å²) in [6.45, 7) is 1.24. The van der Waals surface area contributed by atoms with Gasteiger partial charge in [0.1, 0.15) is 18.8 Å². The first-order valence-corrected chi connectivity index (χ1v) is 6.67. The van der Waals surface area contributed by atoms with Crippen molar-refractivity contribution in [3.8, 4) is 0 Å². The van der Waals surface area contributed by atoms with E-state index >= 15 is 0 Å². The van der Waals surface area contributed by atoms with Crippen LogP contribution in [0, 0.1) is 17.0 Å². The number of halogens is 1. The average Bonchev–Trinajstić information content (AvgIpc) is 2.57. The number of hydrogen-bond donors (Lipinski definition) is 0. The van der Waals surface area contributed by atoms with Crippen LogP contribution in [0.4, 0.5) is 5.82 Å². The molecule has 15 nitrogen and oxygen atoms in total. The van der Waals surface area contributed by atoms with Gasteiger partial charge in [-0.15, -0.1) is 11.6 Å². The Bertz CT molecular complexity index is 503. The van der Waals surface area contributed by atoms with Gasteiger partial charge in [-0.3, -0.25) is 0 Å². The minimum Gasteiger partial charge on any atom is -0.790 e. The van der Waals surface area contributed by atoms with Crippen LogP contribution in [0.15, 0.2) is 6.20 Å². The second-order valence-electron chi connectivity index (χ2n) is 3.36. The molecule has 0 radical (unpaired) electrons. The van der Waals surface area contributed by atoms with E-state index in [2.05, 4.69) is 9.51 Å². The second-order valence-corrected chi connectivity index (χ2v) is 4.77. The first-order chi connectivity index (χ1) is 8.24. The molecular weight excluding hydrogens is 430 g/mol. The van der Waals surface area contributed by atoms with E-state index in [9.17, 15) is 24.5 Å². The molecule has 12 N–H and O–H groups in total. The average molecular weight is 452 g/mol. The first kappa shape index (κ1) is 50.5. The summed E-state index contributed by atoms with van der Waals surface area (Å²) in [6, 6.07) is 0. The number of aryl methyl sites for hydroxylation is 1. The zero-order chi connectivity index (χ0) is 13.9. The Morgan fingerprint density at radius 2 is 1.65 bits per heavy atom. The fraction of sp³-hybridized carbons (Fsp3) is 0.571. The molecule has 0 amide bonds. The Balaban J connectivity index is -0.0000000675. The van der Waals surface area contributed by atoms with Gasteiger partial charge >= 0.3 is 64.9 Å². The predicted molar refractivity (Wildman–Crippen MR) is 78.5 cm³/mol. The Morgan fingerprint density at radius 3 is 1.96 bits per heavy atom. The van der Waals surface area contributed by atoms with Gasteiger partial charge in [-0.05, 0) is 4.92 Å². The summed E-state index contributed by atoms with van der Waals surface area (Å²) in [5.41, 5.74) is 0. The molecule has 0 unspecified atom stereocenters. The maximum atomic E-state index is 10.7. The third-order valence-corrected chi connectivity index (χ3v) is 2.96. The van der Waals surface area contributed by atoms with Crippen LogP contribution >= 0.6 is 19.4 Å². The first-order valence-electron chi connectivity index (χ1n) is 4.67. The van der Waals surface area contributed by atoms with Gasteiger partial charge < -0.3 is 61.8 Å². The van der Waals surface area contributed by atoms with E-state index in [4.69, 9.17) is 11.6 Å². The summed E-state index contributed by atoms with van der Waals surface area (Å²) in [5.74, 6) is -0.353. The van der Waals surface area contributed by atoms with Crippen LogP contribution < -0.4 is 68.9 Å². The molecular formula is C7H21ClN3Na2O12P. The normalized spacial score (nSPS) is 9.38. The fourth-order valence-corrected chi connectivity index (χ4v) is 2.08. The van der Waals surface area contributed by atoms with Crippen molar-refractivity contribution in [1.29, 1.82) is 0 Å². The SMILES string of the molecule is Cc1ncc([N+](=O)[O-])n1C[C@@H](CCl)OP(=O)([O-])[O-].O.O.O.O.O.O.[Na+].[Na+]. The van der Waals surface area contributed by atoms with Crippen LogP contribution in [-0.4, -0.2) is 59.3 Å². The molecule has 1 heterocycles. The number of phosphoric ester groups is 1. The number of nitro groups is 1. The van der Waals surface area contributed by atoms with Crippen molar-refractivity contribution in [1.82, 2.24) is 9.55 Å². The predicted octanol–water partition coefficient (Wildman–Crippen LogP) is -11.4. The van der Waals surface area contributed by atoms with Crippen LogP contribution in [0.3, 0.4) is 0 Å². The fourth-order valence-electron chi connectivity index (χ4n) is 1.32. The Morgan fingerprint density at radius 1 is 1.23 bits per heavy atom. The summed E-state index contributed by atoms with van der Waals surface area (Å²) in [6.07, 6.45) is -0.159. The van der Waals surface area contributed by atoms with E-state index in [1.165, 1.54) is 6.92 Å². The van der Waals surface area contributed by atoms with Gasteiger partial charge in [-0.25, -0.2) is 9.55 Å². The molecule has 0 spiro atoms. The molecule has 0 aliphatic carbocycles. The molecule has 1 aromatic rings. The molecule has 1 rings (SSSR count). The van der Waals surface area contributed by atoms with E-state index in [1.807, 2.05) is 0 Å². The Labute approximate surface area is 196 Å². The molecule has 0 aromatic carbocycles. The summed E-state index contributed by atoms with van der Waals surface area (Å²) < 4.78 is 15.8. The third kappa shape index (κ3) is 16.9. The number of imidazole rings is 1. The molecule has 0 fully saturated rings. The number of aromatic nitrogens is 2. The van der Waals surface area contributed by atoms with Crippen LogP contribution in [0.25, 0.3) is 0 Å². The van der Waals surface area contributed by atoms with Gasteiger partial charge in [0.05, 0.1) is 13.7 Å². The molecule has 0 aliphatic heterocycles. The molecule has 150 valence electrons. The molecule has 0 saturated carbocycles. The topological polar surface area (TPSA) is 322 Å². The molecule has 1 aromatic heterocycles. The number of hydrogen-bond acceptors (Lipinski definition) is 7. The van der Waals surface area contributed by atoms with Gasteiger partial charge in [0.25, 0.3) is 0 Å². The van der Waals surface area contributed by atoms with Gasteiger partial charge in [-0.1, -0.05) is 0 Å². The quantitative estimate of drug-likeness (QED) is 0.132. The van der Waals surface area contributed by atoms with Crippen molar-refractivity contribution >= 4 is 25.2 Å². The maximum Gasteiger partial charge on any atom is 1.00 e. The number of nitrogens with zero attached hydrogens (tertiary/aromatic N) is 3. The van der Waals surface area contributed by atoms with Crippen molar-refractivity contribution in [2.24, 2.45) is 0 Å². The standard InChI is InChI=1S/C7H11ClN3O6P.2Na.6H2O/c1-5-9-3-7(11(12)13)10(5)4-6(2-8)17-18(14,15)16;;;;;;;;/h3,6H,2,4H2,1H3,(H2,14,15,16);;;6*1H2/q;2*+1;;;;;;/p-2/t6-;;;;;;;;/m1......../s1. The maximum absolute atomic E-state index is 10.7. The zero-order valence-electron chi connectivity index (χ0n) is 14.2. The van der Waals surface area contributed by atoms with Crippen molar-refractivity contribution in [3.05, 3.63) is 22.1 Å². The summed E-state index contributed by atoms with van der Waals surface area (Å²) in [5, 5.41) is 10.7. The molecule has 0 bridgehead atoms. The molecule has 1 atom stereocenters. The number of rotatable bonds is 6. The van der Waals surface area contributed by atoms with E-state index in [0.29, 0.717) is 0 Å². The minimum absolute atomic E-state index is 0. The van der Waals surface area contributed by atoms with Gasteiger partial charge in [0, 0.05) is 6.92 Å². The Kier molecular flexibility index (Phi) is 42.8. The van der Waals surface area contributed by atoms with Gasteiger partial charge in [0.15, 0.2) is 5.82 Å². The second kappa shape index (κ2) is 22.1. The number of phosphoric acid groups is 1. The summed E-state index contributed by atoms with van der Waals surface area (Å²) in [4.78, 5) is 34.7. The molecule has 19 heteroatoms. The van der Waals surface area contributed by atoms with E-state index < -0.39 is 18.8 Å². The van der Waals surface area contributed by atoms with Crippen molar-refractivity contribution in [2.45, 2.75) is 19.6 Å². The van der Waals surface area contributed by atoms with Crippen molar-refractivity contribution < 1.29 is 116 Å². The van der Waals surface area contributed by atoms with Crippen molar-refractivity contribution in [3.63, 3.8) is 0 Å². The Hall–Kier alpha value is 0.770. The van der Waals surface area contributed by atoms with Crippen LogP contribution in [0.5, 0.6) is 0 Å². The number of alkyl halides is 1. The molecule has 0 aliphatic rings. The zero-order valence-corrected chi connectivity index (χ0v) is 19.8. The van der Waals surface area contributed by atoms with Crippen LogP contribution in [-0.2, 0) is 15.6 Å². The largest absolute Gasteiger partial charge is 1.00 e.